The normalized spacial score (nSPS) is 11.2. The van der Waals surface area contributed by atoms with E-state index in [2.05, 4.69) is 27.9 Å². The first-order chi connectivity index (χ1) is 7.92. The number of nitrogens with one attached hydrogen (secondary N) is 1. The van der Waals surface area contributed by atoms with Crippen molar-refractivity contribution < 1.29 is 17.8 Å². The fraction of sp³-hybridized carbons (Fsp3) is 0.300. The molecule has 0 unspecified atom stereocenters. The minimum absolute atomic E-state index is 0.105. The van der Waals surface area contributed by atoms with Crippen molar-refractivity contribution in [3.05, 3.63) is 35.4 Å². The minimum Gasteiger partial charge on any atom is -0.351 e. The van der Waals surface area contributed by atoms with Crippen molar-refractivity contribution in [3.63, 3.8) is 0 Å². The molecular formula is C10H12INO4S. The summed E-state index contributed by atoms with van der Waals surface area (Å²) in [7, 11) is -4.03. The number of benzene rings is 1. The van der Waals surface area contributed by atoms with Gasteiger partial charge in [0.25, 0.3) is 16.0 Å². The van der Waals surface area contributed by atoms with E-state index >= 15 is 0 Å². The number of carbonyl (C=O) groups is 1. The number of alkyl halides is 1. The summed E-state index contributed by atoms with van der Waals surface area (Å²) in [6.45, 7) is -0.105. The molecule has 1 aromatic carbocycles. The van der Waals surface area contributed by atoms with Crippen LogP contribution in [0.5, 0.6) is 0 Å². The van der Waals surface area contributed by atoms with Gasteiger partial charge in [0.05, 0.1) is 5.75 Å². The largest absolute Gasteiger partial charge is 0.351 e. The van der Waals surface area contributed by atoms with Crippen molar-refractivity contribution >= 4 is 38.6 Å². The van der Waals surface area contributed by atoms with Crippen LogP contribution >= 0.6 is 22.6 Å². The molecular weight excluding hydrogens is 357 g/mol. The van der Waals surface area contributed by atoms with Crippen LogP contribution in [0.25, 0.3) is 0 Å². The van der Waals surface area contributed by atoms with E-state index in [9.17, 15) is 13.2 Å². The van der Waals surface area contributed by atoms with E-state index in [1.807, 2.05) is 6.07 Å². The number of hydrogen-bond donors (Lipinski definition) is 2. The third-order valence-electron chi connectivity index (χ3n) is 1.99. The summed E-state index contributed by atoms with van der Waals surface area (Å²) in [5.41, 5.74) is 1.50. The summed E-state index contributed by atoms with van der Waals surface area (Å²) in [4.78, 5) is 11.6. The molecule has 0 bridgehead atoms. The Morgan fingerprint density at radius 1 is 1.41 bits per heavy atom. The fourth-order valence-electron chi connectivity index (χ4n) is 1.19. The predicted molar refractivity (Wildman–Crippen MR) is 72.9 cm³/mol. The summed E-state index contributed by atoms with van der Waals surface area (Å²) < 4.78 is 30.2. The Labute approximate surface area is 113 Å². The van der Waals surface area contributed by atoms with Gasteiger partial charge in [0, 0.05) is 16.5 Å². The SMILES string of the molecule is O=C(NCCS(=O)(=O)O)c1cccc(CI)c1. The van der Waals surface area contributed by atoms with Crippen LogP contribution in [0.2, 0.25) is 0 Å². The monoisotopic (exact) mass is 369 g/mol. The van der Waals surface area contributed by atoms with Crippen LogP contribution in [0.15, 0.2) is 24.3 Å². The van der Waals surface area contributed by atoms with Crippen LogP contribution < -0.4 is 5.32 Å². The molecule has 0 saturated heterocycles. The van der Waals surface area contributed by atoms with Crippen molar-refractivity contribution in [3.8, 4) is 0 Å². The molecule has 0 atom stereocenters. The zero-order chi connectivity index (χ0) is 12.9. The van der Waals surface area contributed by atoms with E-state index in [1.165, 1.54) is 0 Å². The first-order valence-electron chi connectivity index (χ1n) is 4.80. The zero-order valence-corrected chi connectivity index (χ0v) is 11.9. The molecule has 7 heteroatoms. The molecule has 1 rings (SSSR count). The number of amides is 1. The molecule has 0 spiro atoms. The highest BCUT2D eigenvalue weighted by Crippen LogP contribution is 2.08. The molecule has 1 aromatic rings. The van der Waals surface area contributed by atoms with Crippen LogP contribution in [-0.2, 0) is 14.5 Å². The topological polar surface area (TPSA) is 83.5 Å². The number of hydrogen-bond acceptors (Lipinski definition) is 3. The molecule has 1 amide bonds. The third-order valence-corrected chi connectivity index (χ3v) is 3.59. The molecule has 2 N–H and O–H groups in total. The van der Waals surface area contributed by atoms with Gasteiger partial charge in [-0.15, -0.1) is 0 Å². The van der Waals surface area contributed by atoms with Gasteiger partial charge in [-0.05, 0) is 17.7 Å². The highest BCUT2D eigenvalue weighted by atomic mass is 127. The molecule has 94 valence electrons. The number of rotatable bonds is 5. The van der Waals surface area contributed by atoms with Gasteiger partial charge in [0.2, 0.25) is 0 Å². The first-order valence-corrected chi connectivity index (χ1v) is 7.94. The lowest BCUT2D eigenvalue weighted by molar-refractivity contribution is 0.0956. The van der Waals surface area contributed by atoms with Gasteiger partial charge in [-0.1, -0.05) is 34.7 Å². The fourth-order valence-corrected chi connectivity index (χ4v) is 2.03. The van der Waals surface area contributed by atoms with E-state index in [4.69, 9.17) is 4.55 Å². The highest BCUT2D eigenvalue weighted by molar-refractivity contribution is 14.1. The lowest BCUT2D eigenvalue weighted by atomic mass is 10.1. The molecule has 0 aromatic heterocycles. The molecule has 0 saturated carbocycles. The van der Waals surface area contributed by atoms with E-state index in [-0.39, 0.29) is 12.5 Å². The molecule has 5 nitrogen and oxygen atoms in total. The van der Waals surface area contributed by atoms with E-state index in [1.54, 1.807) is 18.2 Å². The van der Waals surface area contributed by atoms with Gasteiger partial charge in [-0.2, -0.15) is 8.42 Å². The highest BCUT2D eigenvalue weighted by Gasteiger charge is 2.08. The second-order valence-corrected chi connectivity index (χ2v) is 5.71. The Morgan fingerprint density at radius 2 is 2.12 bits per heavy atom. The molecule has 17 heavy (non-hydrogen) atoms. The van der Waals surface area contributed by atoms with Crippen molar-refractivity contribution in [1.82, 2.24) is 5.32 Å². The second kappa shape index (κ2) is 6.31. The van der Waals surface area contributed by atoms with Gasteiger partial charge >= 0.3 is 0 Å². The van der Waals surface area contributed by atoms with E-state index in [0.29, 0.717) is 5.56 Å². The minimum atomic E-state index is -4.03. The van der Waals surface area contributed by atoms with Gasteiger partial charge < -0.3 is 5.32 Å². The Balaban J connectivity index is 2.58. The lowest BCUT2D eigenvalue weighted by Gasteiger charge is -2.05. The Bertz CT molecular complexity index is 501. The maximum absolute atomic E-state index is 11.6. The average Bonchev–Trinajstić information content (AvgIpc) is 2.27. The quantitative estimate of drug-likeness (QED) is 0.465. The molecule has 0 aliphatic heterocycles. The Kier molecular flexibility index (Phi) is 5.34. The van der Waals surface area contributed by atoms with Crippen molar-refractivity contribution in [2.75, 3.05) is 12.3 Å². The van der Waals surface area contributed by atoms with Crippen LogP contribution in [-0.4, -0.2) is 31.2 Å². The van der Waals surface area contributed by atoms with Crippen molar-refractivity contribution in [2.24, 2.45) is 0 Å². The molecule has 0 radical (unpaired) electrons. The summed E-state index contributed by atoms with van der Waals surface area (Å²) in [5.74, 6) is -0.828. The Morgan fingerprint density at radius 3 is 2.71 bits per heavy atom. The summed E-state index contributed by atoms with van der Waals surface area (Å²) in [6, 6.07) is 7.07. The van der Waals surface area contributed by atoms with Crippen LogP contribution in [0.1, 0.15) is 15.9 Å². The number of halogens is 1. The lowest BCUT2D eigenvalue weighted by Crippen LogP contribution is -2.28. The van der Waals surface area contributed by atoms with Crippen molar-refractivity contribution in [2.45, 2.75) is 4.43 Å². The summed E-state index contributed by atoms with van der Waals surface area (Å²) in [5, 5.41) is 2.43. The smallest absolute Gasteiger partial charge is 0.266 e. The van der Waals surface area contributed by atoms with E-state index in [0.717, 1.165) is 9.99 Å². The van der Waals surface area contributed by atoms with Gasteiger partial charge in [0.15, 0.2) is 0 Å². The maximum Gasteiger partial charge on any atom is 0.266 e. The molecule has 0 heterocycles. The second-order valence-electron chi connectivity index (χ2n) is 3.38. The first kappa shape index (κ1) is 14.4. The standard InChI is InChI=1S/C10H12INO4S/c11-7-8-2-1-3-9(6-8)10(13)12-4-5-17(14,15)16/h1-3,6H,4-5,7H2,(H,12,13)(H,14,15,16). The molecule has 0 aliphatic rings. The van der Waals surface area contributed by atoms with Gasteiger partial charge in [-0.3, -0.25) is 9.35 Å². The predicted octanol–water partition coefficient (Wildman–Crippen LogP) is 1.24. The third kappa shape index (κ3) is 5.46. The van der Waals surface area contributed by atoms with E-state index < -0.39 is 15.9 Å². The summed E-state index contributed by atoms with van der Waals surface area (Å²) in [6.07, 6.45) is 0. The van der Waals surface area contributed by atoms with Crippen LogP contribution in [0.3, 0.4) is 0 Å². The van der Waals surface area contributed by atoms with Crippen molar-refractivity contribution in [1.29, 1.82) is 0 Å². The number of carbonyl (C=O) groups excluding carboxylic acids is 1. The van der Waals surface area contributed by atoms with Gasteiger partial charge in [0.1, 0.15) is 0 Å². The maximum atomic E-state index is 11.6. The van der Waals surface area contributed by atoms with Gasteiger partial charge in [-0.25, -0.2) is 0 Å². The van der Waals surface area contributed by atoms with Crippen LogP contribution in [0, 0.1) is 0 Å². The average molecular weight is 369 g/mol. The zero-order valence-electron chi connectivity index (χ0n) is 8.89. The summed E-state index contributed by atoms with van der Waals surface area (Å²) >= 11 is 2.19. The Hall–Kier alpha value is -0.670. The van der Waals surface area contributed by atoms with Crippen LogP contribution in [0.4, 0.5) is 0 Å². The molecule has 0 fully saturated rings. The molecule has 0 aliphatic carbocycles.